The molecular weight excluding hydrogens is 176 g/mol. The minimum atomic E-state index is 0.596. The zero-order valence-corrected chi connectivity index (χ0v) is 7.61. The molecule has 0 saturated heterocycles. The zero-order chi connectivity index (χ0) is 7.68. The average molecular weight is 185 g/mol. The Labute approximate surface area is 76.0 Å². The van der Waals surface area contributed by atoms with Gasteiger partial charge in [0, 0.05) is 17.0 Å². The minimum Gasteiger partial charge on any atom is -0.126 e. The van der Waals surface area contributed by atoms with Crippen molar-refractivity contribution in [3.05, 3.63) is 35.3 Å². The number of allylic oxidation sites excluding steroid dienone is 4. The number of alkyl halides is 1. The lowest BCUT2D eigenvalue weighted by molar-refractivity contribution is 0.846. The number of hydrogen-bond acceptors (Lipinski definition) is 1. The fourth-order valence-electron chi connectivity index (χ4n) is 1.36. The standard InChI is InChI=1S/C9H9ClS/c10-6-7-1-2-9-8(5-7)3-4-11-9/h1-5,8-9H,6H2. The lowest BCUT2D eigenvalue weighted by Gasteiger charge is -2.16. The van der Waals surface area contributed by atoms with Crippen molar-refractivity contribution in [3.8, 4) is 0 Å². The van der Waals surface area contributed by atoms with Gasteiger partial charge in [0.2, 0.25) is 0 Å². The van der Waals surface area contributed by atoms with Crippen molar-refractivity contribution in [2.45, 2.75) is 5.25 Å². The fourth-order valence-corrected chi connectivity index (χ4v) is 2.51. The van der Waals surface area contributed by atoms with Gasteiger partial charge < -0.3 is 0 Å². The first kappa shape index (κ1) is 7.51. The van der Waals surface area contributed by atoms with Crippen LogP contribution in [0.4, 0.5) is 0 Å². The molecule has 0 aromatic rings. The summed E-state index contributed by atoms with van der Waals surface area (Å²) in [7, 11) is 0. The summed E-state index contributed by atoms with van der Waals surface area (Å²) in [4.78, 5) is 0. The third kappa shape index (κ3) is 1.40. The van der Waals surface area contributed by atoms with Crippen molar-refractivity contribution in [3.63, 3.8) is 0 Å². The largest absolute Gasteiger partial charge is 0.126 e. The van der Waals surface area contributed by atoms with Crippen molar-refractivity contribution in [1.82, 2.24) is 0 Å². The van der Waals surface area contributed by atoms with E-state index in [1.165, 1.54) is 5.57 Å². The fraction of sp³-hybridized carbons (Fsp3) is 0.333. The van der Waals surface area contributed by atoms with Crippen molar-refractivity contribution in [1.29, 1.82) is 0 Å². The topological polar surface area (TPSA) is 0 Å². The summed E-state index contributed by atoms with van der Waals surface area (Å²) >= 11 is 7.60. The second-order valence-electron chi connectivity index (χ2n) is 2.74. The van der Waals surface area contributed by atoms with Crippen LogP contribution in [0.1, 0.15) is 0 Å². The number of thioether (sulfide) groups is 1. The van der Waals surface area contributed by atoms with Gasteiger partial charge in [0.15, 0.2) is 0 Å². The maximum atomic E-state index is 5.72. The molecule has 0 bridgehead atoms. The van der Waals surface area contributed by atoms with Gasteiger partial charge in [-0.1, -0.05) is 24.3 Å². The van der Waals surface area contributed by atoms with Crippen LogP contribution >= 0.6 is 23.4 Å². The van der Waals surface area contributed by atoms with Gasteiger partial charge in [-0.3, -0.25) is 0 Å². The molecule has 2 rings (SSSR count). The molecule has 11 heavy (non-hydrogen) atoms. The van der Waals surface area contributed by atoms with Gasteiger partial charge in [-0.25, -0.2) is 0 Å². The summed E-state index contributed by atoms with van der Waals surface area (Å²) < 4.78 is 0. The molecule has 1 aliphatic heterocycles. The highest BCUT2D eigenvalue weighted by Gasteiger charge is 2.21. The highest BCUT2D eigenvalue weighted by molar-refractivity contribution is 8.03. The van der Waals surface area contributed by atoms with Crippen LogP contribution in [0.3, 0.4) is 0 Å². The molecule has 58 valence electrons. The van der Waals surface area contributed by atoms with Crippen molar-refractivity contribution < 1.29 is 0 Å². The summed E-state index contributed by atoms with van der Waals surface area (Å²) in [6.07, 6.45) is 8.88. The van der Waals surface area contributed by atoms with Crippen LogP contribution in [0, 0.1) is 5.92 Å². The molecule has 0 N–H and O–H groups in total. The van der Waals surface area contributed by atoms with Gasteiger partial charge in [-0.15, -0.1) is 23.4 Å². The Balaban J connectivity index is 2.19. The van der Waals surface area contributed by atoms with Crippen LogP contribution in [-0.4, -0.2) is 11.1 Å². The molecule has 0 aromatic carbocycles. The molecule has 2 heteroatoms. The van der Waals surface area contributed by atoms with E-state index in [0.717, 1.165) is 0 Å². The predicted octanol–water partition coefficient (Wildman–Crippen LogP) is 2.97. The highest BCUT2D eigenvalue weighted by atomic mass is 35.5. The Morgan fingerprint density at radius 3 is 3.18 bits per heavy atom. The van der Waals surface area contributed by atoms with Crippen LogP contribution in [0.15, 0.2) is 35.3 Å². The lowest BCUT2D eigenvalue weighted by Crippen LogP contribution is -2.10. The van der Waals surface area contributed by atoms with E-state index in [1.807, 2.05) is 11.8 Å². The lowest BCUT2D eigenvalue weighted by atomic mass is 9.97. The first-order valence-corrected chi connectivity index (χ1v) is 5.15. The van der Waals surface area contributed by atoms with E-state index < -0.39 is 0 Å². The molecule has 2 unspecified atom stereocenters. The van der Waals surface area contributed by atoms with Crippen LogP contribution in [0.2, 0.25) is 0 Å². The van der Waals surface area contributed by atoms with E-state index >= 15 is 0 Å². The first-order valence-electron chi connectivity index (χ1n) is 3.67. The molecule has 0 spiro atoms. The molecule has 0 aromatic heterocycles. The van der Waals surface area contributed by atoms with Gasteiger partial charge >= 0.3 is 0 Å². The highest BCUT2D eigenvalue weighted by Crippen LogP contribution is 2.35. The average Bonchev–Trinajstić information content (AvgIpc) is 2.50. The zero-order valence-electron chi connectivity index (χ0n) is 6.03. The number of fused-ring (bicyclic) bond motifs is 1. The number of hydrogen-bond donors (Lipinski definition) is 0. The van der Waals surface area contributed by atoms with Gasteiger partial charge in [-0.05, 0) is 11.0 Å². The third-order valence-corrected chi connectivity index (χ3v) is 3.39. The summed E-state index contributed by atoms with van der Waals surface area (Å²) in [6, 6.07) is 0. The Morgan fingerprint density at radius 2 is 2.36 bits per heavy atom. The van der Waals surface area contributed by atoms with Crippen molar-refractivity contribution in [2.24, 2.45) is 5.92 Å². The summed E-state index contributed by atoms with van der Waals surface area (Å²) in [5, 5.41) is 2.81. The molecule has 0 fully saturated rings. The maximum absolute atomic E-state index is 5.72. The summed E-state index contributed by atoms with van der Waals surface area (Å²) in [5.74, 6) is 1.23. The van der Waals surface area contributed by atoms with E-state index in [1.54, 1.807) is 0 Å². The Kier molecular flexibility index (Phi) is 2.10. The molecule has 2 atom stereocenters. The normalized spacial score (nSPS) is 33.7. The Bertz CT molecular complexity index is 240. The van der Waals surface area contributed by atoms with Crippen molar-refractivity contribution in [2.75, 3.05) is 5.88 Å². The van der Waals surface area contributed by atoms with Gasteiger partial charge in [-0.2, -0.15) is 0 Å². The van der Waals surface area contributed by atoms with E-state index in [-0.39, 0.29) is 0 Å². The van der Waals surface area contributed by atoms with Crippen LogP contribution in [0.25, 0.3) is 0 Å². The summed E-state index contributed by atoms with van der Waals surface area (Å²) in [6.45, 7) is 0. The molecule has 1 heterocycles. The summed E-state index contributed by atoms with van der Waals surface area (Å²) in [5.41, 5.74) is 1.25. The Morgan fingerprint density at radius 1 is 1.45 bits per heavy atom. The van der Waals surface area contributed by atoms with Crippen LogP contribution in [-0.2, 0) is 0 Å². The molecule has 2 aliphatic rings. The molecule has 0 saturated carbocycles. The van der Waals surface area contributed by atoms with Gasteiger partial charge in [0.1, 0.15) is 0 Å². The van der Waals surface area contributed by atoms with Crippen LogP contribution in [0.5, 0.6) is 0 Å². The second kappa shape index (κ2) is 3.08. The van der Waals surface area contributed by atoms with Gasteiger partial charge in [0.25, 0.3) is 0 Å². The quantitative estimate of drug-likeness (QED) is 0.565. The van der Waals surface area contributed by atoms with Crippen molar-refractivity contribution >= 4 is 23.4 Å². The van der Waals surface area contributed by atoms with E-state index in [9.17, 15) is 0 Å². The molecule has 1 aliphatic carbocycles. The van der Waals surface area contributed by atoms with Crippen LogP contribution < -0.4 is 0 Å². The first-order chi connectivity index (χ1) is 5.40. The van der Waals surface area contributed by atoms with E-state index in [0.29, 0.717) is 17.0 Å². The van der Waals surface area contributed by atoms with E-state index in [2.05, 4.69) is 29.7 Å². The smallest absolute Gasteiger partial charge is 0.0471 e. The second-order valence-corrected chi connectivity index (χ2v) is 4.10. The molecular formula is C9H9ClS. The molecule has 0 amide bonds. The monoisotopic (exact) mass is 184 g/mol. The number of halogens is 1. The predicted molar refractivity (Wildman–Crippen MR) is 52.0 cm³/mol. The maximum Gasteiger partial charge on any atom is 0.0471 e. The van der Waals surface area contributed by atoms with E-state index in [4.69, 9.17) is 11.6 Å². The number of rotatable bonds is 1. The van der Waals surface area contributed by atoms with Gasteiger partial charge in [0.05, 0.1) is 0 Å². The molecule has 0 radical (unpaired) electrons. The molecule has 0 nitrogen and oxygen atoms in total. The SMILES string of the molecule is ClCC1=CC2C=CSC2C=C1. The third-order valence-electron chi connectivity index (χ3n) is 1.98. The Hall–Kier alpha value is -0.140. The minimum absolute atomic E-state index is 0.596.